The van der Waals surface area contributed by atoms with Crippen LogP contribution < -0.4 is 10.6 Å². The van der Waals surface area contributed by atoms with Crippen molar-refractivity contribution in [3.05, 3.63) is 47.5 Å². The Morgan fingerprint density at radius 3 is 2.75 bits per heavy atom. The number of hydrogen-bond acceptors (Lipinski definition) is 4. The molecule has 8 nitrogen and oxygen atoms in total. The third-order valence-electron chi connectivity index (χ3n) is 4.80. The average Bonchev–Trinajstić information content (AvgIpc) is 3.09. The Labute approximate surface area is 166 Å². The summed E-state index contributed by atoms with van der Waals surface area (Å²) >= 11 is 0. The second-order valence-corrected chi connectivity index (χ2v) is 9.17. The molecule has 9 heteroatoms. The van der Waals surface area contributed by atoms with E-state index in [1.807, 2.05) is 0 Å². The predicted molar refractivity (Wildman–Crippen MR) is 106 cm³/mol. The number of urea groups is 1. The van der Waals surface area contributed by atoms with Crippen LogP contribution in [0.15, 0.2) is 35.4 Å². The Bertz CT molecular complexity index is 913. The monoisotopic (exact) mass is 405 g/mol. The Balaban J connectivity index is 1.50. The minimum absolute atomic E-state index is 0.133. The third kappa shape index (κ3) is 4.71. The molecule has 152 valence electrons. The van der Waals surface area contributed by atoms with Crippen LogP contribution in [0.1, 0.15) is 29.9 Å². The first kappa shape index (κ1) is 20.3. The average molecular weight is 406 g/mol. The highest BCUT2D eigenvalue weighted by atomic mass is 32.2. The zero-order valence-corrected chi connectivity index (χ0v) is 17.1. The molecule has 1 aliphatic rings. The SMILES string of the molecule is CN(C)S(=O)(=O)c1ccccc1CNC(=O)NCCc1cn2c(n1)CCCC2. The molecule has 0 fully saturated rings. The third-order valence-corrected chi connectivity index (χ3v) is 6.71. The molecule has 28 heavy (non-hydrogen) atoms. The summed E-state index contributed by atoms with van der Waals surface area (Å²) in [5, 5.41) is 5.53. The summed E-state index contributed by atoms with van der Waals surface area (Å²) in [6, 6.07) is 6.34. The Morgan fingerprint density at radius 1 is 1.21 bits per heavy atom. The lowest BCUT2D eigenvalue weighted by Gasteiger charge is -2.15. The molecule has 0 radical (unpaired) electrons. The van der Waals surface area contributed by atoms with Crippen LogP contribution >= 0.6 is 0 Å². The summed E-state index contributed by atoms with van der Waals surface area (Å²) in [5.74, 6) is 1.13. The van der Waals surface area contributed by atoms with Crippen LogP contribution in [-0.2, 0) is 36.0 Å². The fourth-order valence-electron chi connectivity index (χ4n) is 3.23. The first-order valence-electron chi connectivity index (χ1n) is 9.45. The van der Waals surface area contributed by atoms with E-state index in [-0.39, 0.29) is 17.5 Å². The lowest BCUT2D eigenvalue weighted by atomic mass is 10.2. The van der Waals surface area contributed by atoms with Crippen LogP contribution in [0.25, 0.3) is 0 Å². The summed E-state index contributed by atoms with van der Waals surface area (Å²) in [5.41, 5.74) is 1.53. The van der Waals surface area contributed by atoms with E-state index in [1.165, 1.54) is 26.9 Å². The number of amides is 2. The van der Waals surface area contributed by atoms with Crippen molar-refractivity contribution in [2.45, 2.75) is 43.7 Å². The van der Waals surface area contributed by atoms with E-state index >= 15 is 0 Å². The van der Waals surface area contributed by atoms with Gasteiger partial charge in [-0.05, 0) is 24.5 Å². The number of imidazole rings is 1. The zero-order valence-electron chi connectivity index (χ0n) is 16.3. The number of carbonyl (C=O) groups is 1. The van der Waals surface area contributed by atoms with Gasteiger partial charge in [-0.25, -0.2) is 22.5 Å². The van der Waals surface area contributed by atoms with Crippen molar-refractivity contribution in [3.8, 4) is 0 Å². The lowest BCUT2D eigenvalue weighted by molar-refractivity contribution is 0.240. The molecule has 3 rings (SSSR count). The van der Waals surface area contributed by atoms with Gasteiger partial charge in [-0.2, -0.15) is 0 Å². The molecule has 0 saturated heterocycles. The number of nitrogens with one attached hydrogen (secondary N) is 2. The smallest absolute Gasteiger partial charge is 0.315 e. The molecule has 2 N–H and O–H groups in total. The van der Waals surface area contributed by atoms with Gasteiger partial charge in [-0.15, -0.1) is 0 Å². The summed E-state index contributed by atoms with van der Waals surface area (Å²) in [4.78, 5) is 16.9. The van der Waals surface area contributed by atoms with Gasteiger partial charge in [0.05, 0.1) is 10.6 Å². The quantitative estimate of drug-likeness (QED) is 0.730. The normalized spacial score (nSPS) is 14.0. The van der Waals surface area contributed by atoms with E-state index in [0.29, 0.717) is 18.5 Å². The molecule has 1 aromatic carbocycles. The van der Waals surface area contributed by atoms with Crippen LogP contribution in [0.4, 0.5) is 4.79 Å². The van der Waals surface area contributed by atoms with Crippen molar-refractivity contribution in [1.82, 2.24) is 24.5 Å². The molecule has 1 aliphatic heterocycles. The van der Waals surface area contributed by atoms with Gasteiger partial charge in [0.15, 0.2) is 0 Å². The van der Waals surface area contributed by atoms with E-state index in [9.17, 15) is 13.2 Å². The van der Waals surface area contributed by atoms with Gasteiger partial charge in [0.1, 0.15) is 5.82 Å². The van der Waals surface area contributed by atoms with E-state index in [1.54, 1.807) is 24.3 Å². The molecule has 2 heterocycles. The number of nitrogens with zero attached hydrogens (tertiary/aromatic N) is 3. The first-order valence-corrected chi connectivity index (χ1v) is 10.9. The minimum Gasteiger partial charge on any atom is -0.338 e. The van der Waals surface area contributed by atoms with Crippen molar-refractivity contribution in [2.24, 2.45) is 0 Å². The molecule has 0 bridgehead atoms. The number of aryl methyl sites for hydroxylation is 2. The predicted octanol–water partition coefficient (Wildman–Crippen LogP) is 1.51. The number of sulfonamides is 1. The molecule has 1 aromatic heterocycles. The Morgan fingerprint density at radius 2 is 2.00 bits per heavy atom. The van der Waals surface area contributed by atoms with Crippen molar-refractivity contribution < 1.29 is 13.2 Å². The number of hydrogen-bond donors (Lipinski definition) is 2. The molecule has 0 atom stereocenters. The highest BCUT2D eigenvalue weighted by Crippen LogP contribution is 2.18. The van der Waals surface area contributed by atoms with Crippen LogP contribution in [-0.4, -0.2) is 48.9 Å². The summed E-state index contributed by atoms with van der Waals surface area (Å²) in [6.07, 6.45) is 6.12. The number of carbonyl (C=O) groups excluding carboxylic acids is 1. The van der Waals surface area contributed by atoms with Crippen LogP contribution in [0.3, 0.4) is 0 Å². The van der Waals surface area contributed by atoms with Crippen molar-refractivity contribution in [1.29, 1.82) is 0 Å². The number of rotatable bonds is 7. The maximum atomic E-state index is 12.4. The molecule has 0 aliphatic carbocycles. The van der Waals surface area contributed by atoms with Crippen molar-refractivity contribution in [2.75, 3.05) is 20.6 Å². The molecular formula is C19H27N5O3S. The van der Waals surface area contributed by atoms with Gasteiger partial charge < -0.3 is 15.2 Å². The highest BCUT2D eigenvalue weighted by Gasteiger charge is 2.20. The summed E-state index contributed by atoms with van der Waals surface area (Å²) in [6.45, 7) is 1.62. The molecule has 2 aromatic rings. The molecular weight excluding hydrogens is 378 g/mol. The maximum Gasteiger partial charge on any atom is 0.315 e. The molecule has 2 amide bonds. The largest absolute Gasteiger partial charge is 0.338 e. The van der Waals surface area contributed by atoms with Gasteiger partial charge in [-0.3, -0.25) is 0 Å². The topological polar surface area (TPSA) is 96.3 Å². The van der Waals surface area contributed by atoms with Gasteiger partial charge in [-0.1, -0.05) is 18.2 Å². The first-order chi connectivity index (χ1) is 13.4. The van der Waals surface area contributed by atoms with Gasteiger partial charge in [0.2, 0.25) is 10.0 Å². The van der Waals surface area contributed by atoms with Crippen molar-refractivity contribution >= 4 is 16.1 Å². The van der Waals surface area contributed by atoms with Crippen LogP contribution in [0.2, 0.25) is 0 Å². The van der Waals surface area contributed by atoms with Gasteiger partial charge in [0, 0.05) is 52.8 Å². The number of aromatic nitrogens is 2. The van der Waals surface area contributed by atoms with E-state index in [2.05, 4.69) is 26.4 Å². The number of fused-ring (bicyclic) bond motifs is 1. The van der Waals surface area contributed by atoms with Crippen LogP contribution in [0, 0.1) is 0 Å². The van der Waals surface area contributed by atoms with Crippen LogP contribution in [0.5, 0.6) is 0 Å². The molecule has 0 saturated carbocycles. The molecule has 0 unspecified atom stereocenters. The summed E-state index contributed by atoms with van der Waals surface area (Å²) < 4.78 is 28.2. The maximum absolute atomic E-state index is 12.4. The fourth-order valence-corrected chi connectivity index (χ4v) is 4.35. The standard InChI is InChI=1S/C19H27N5O3S/c1-23(2)28(26,27)17-8-4-3-7-15(17)13-21-19(25)20-11-10-16-14-24-12-6-5-9-18(24)22-16/h3-4,7-8,14H,5-6,9-13H2,1-2H3,(H2,20,21,25). The van der Waals surface area contributed by atoms with E-state index in [0.717, 1.165) is 28.8 Å². The van der Waals surface area contributed by atoms with E-state index in [4.69, 9.17) is 0 Å². The van der Waals surface area contributed by atoms with Gasteiger partial charge in [0.25, 0.3) is 0 Å². The second kappa shape index (κ2) is 8.74. The van der Waals surface area contributed by atoms with Crippen molar-refractivity contribution in [3.63, 3.8) is 0 Å². The zero-order chi connectivity index (χ0) is 20.1. The second-order valence-electron chi connectivity index (χ2n) is 7.05. The molecule has 0 spiro atoms. The Kier molecular flexibility index (Phi) is 6.35. The summed E-state index contributed by atoms with van der Waals surface area (Å²) in [7, 11) is -0.587. The number of benzene rings is 1. The Hall–Kier alpha value is -2.39. The lowest BCUT2D eigenvalue weighted by Crippen LogP contribution is -2.36. The fraction of sp³-hybridized carbons (Fsp3) is 0.474. The highest BCUT2D eigenvalue weighted by molar-refractivity contribution is 7.89. The minimum atomic E-state index is -3.56. The van der Waals surface area contributed by atoms with Gasteiger partial charge >= 0.3 is 6.03 Å². The van der Waals surface area contributed by atoms with E-state index < -0.39 is 10.0 Å².